The van der Waals surface area contributed by atoms with E-state index in [-0.39, 0.29) is 0 Å². The highest BCUT2D eigenvalue weighted by molar-refractivity contribution is 7.99. The minimum atomic E-state index is 0.372. The summed E-state index contributed by atoms with van der Waals surface area (Å²) in [4.78, 5) is 12.1. The zero-order valence-electron chi connectivity index (χ0n) is 25.7. The molecule has 4 aliphatic rings. The van der Waals surface area contributed by atoms with Crippen LogP contribution in [0.2, 0.25) is 0 Å². The molecule has 0 amide bonds. The highest BCUT2D eigenvalue weighted by Gasteiger charge is 2.28. The van der Waals surface area contributed by atoms with Crippen molar-refractivity contribution in [2.45, 2.75) is 110 Å². The van der Waals surface area contributed by atoms with Crippen LogP contribution in [0.3, 0.4) is 0 Å². The lowest BCUT2D eigenvalue weighted by molar-refractivity contribution is 0.144. The number of likely N-dealkylation sites (tertiary alicyclic amines) is 1. The molecular weight excluding hydrogens is 506 g/mol. The maximum atomic E-state index is 4.67. The molecule has 1 aliphatic carbocycles. The molecule has 40 heavy (non-hydrogen) atoms. The number of aryl methyl sites for hydroxylation is 1. The largest absolute Gasteiger partial charge is 0.300 e. The number of nitrogens with zero attached hydrogens (tertiary/aromatic N) is 3. The van der Waals surface area contributed by atoms with Gasteiger partial charge in [-0.3, -0.25) is 4.99 Å². The number of allylic oxidation sites excluding steroid dienone is 6. The van der Waals surface area contributed by atoms with Gasteiger partial charge in [-0.05, 0) is 134 Å². The van der Waals surface area contributed by atoms with E-state index in [1.807, 2.05) is 0 Å². The van der Waals surface area contributed by atoms with Crippen LogP contribution in [0.15, 0.2) is 57.1 Å². The number of aliphatic imine (C=N–C) groups is 2. The topological polar surface area (TPSA) is 28.0 Å². The van der Waals surface area contributed by atoms with Crippen molar-refractivity contribution < 1.29 is 0 Å². The second-order valence-electron chi connectivity index (χ2n) is 12.8. The Kier molecular flexibility index (Phi) is 10.2. The van der Waals surface area contributed by atoms with Crippen molar-refractivity contribution in [1.29, 1.82) is 0 Å². The molecule has 0 spiro atoms. The van der Waals surface area contributed by atoms with Crippen molar-refractivity contribution in [3.63, 3.8) is 0 Å². The Bertz CT molecular complexity index is 1190. The van der Waals surface area contributed by atoms with E-state index in [1.165, 1.54) is 78.3 Å². The predicted molar refractivity (Wildman–Crippen MR) is 177 cm³/mol. The third-order valence-corrected chi connectivity index (χ3v) is 10.7. The summed E-state index contributed by atoms with van der Waals surface area (Å²) >= 11 is 2.14. The van der Waals surface area contributed by atoms with Gasteiger partial charge in [0.15, 0.2) is 0 Å². The maximum absolute atomic E-state index is 4.67. The van der Waals surface area contributed by atoms with Crippen molar-refractivity contribution in [2.75, 3.05) is 24.6 Å². The molecule has 1 aromatic rings. The van der Waals surface area contributed by atoms with E-state index in [1.54, 1.807) is 23.0 Å². The van der Waals surface area contributed by atoms with E-state index in [9.17, 15) is 0 Å². The number of thioether (sulfide) groups is 1. The molecule has 4 heteroatoms. The maximum Gasteiger partial charge on any atom is 0.110 e. The van der Waals surface area contributed by atoms with E-state index in [0.29, 0.717) is 17.9 Å². The number of benzene rings is 1. The lowest BCUT2D eigenvalue weighted by Gasteiger charge is -2.39. The molecule has 216 valence electrons. The molecule has 3 nitrogen and oxygen atoms in total. The normalized spacial score (nSPS) is 26.6. The van der Waals surface area contributed by atoms with E-state index < -0.39 is 0 Å². The summed E-state index contributed by atoms with van der Waals surface area (Å²) < 4.78 is 0. The number of hydrogen-bond acceptors (Lipinski definition) is 4. The van der Waals surface area contributed by atoms with Crippen molar-refractivity contribution >= 4 is 29.4 Å². The summed E-state index contributed by atoms with van der Waals surface area (Å²) in [5.41, 5.74) is 11.5. The summed E-state index contributed by atoms with van der Waals surface area (Å²) in [6.45, 7) is 14.2. The molecule has 5 rings (SSSR count). The van der Waals surface area contributed by atoms with Crippen molar-refractivity contribution in [3.05, 3.63) is 63.8 Å². The summed E-state index contributed by atoms with van der Waals surface area (Å²) in [6, 6.07) is 8.65. The van der Waals surface area contributed by atoms with E-state index in [2.05, 4.69) is 91.6 Å². The molecule has 2 bridgehead atoms. The first-order valence-corrected chi connectivity index (χ1v) is 17.2. The molecule has 0 saturated carbocycles. The second kappa shape index (κ2) is 13.8. The van der Waals surface area contributed by atoms with Crippen molar-refractivity contribution in [2.24, 2.45) is 15.9 Å². The minimum absolute atomic E-state index is 0.372. The van der Waals surface area contributed by atoms with Crippen molar-refractivity contribution in [1.82, 2.24) is 4.90 Å². The lowest BCUT2D eigenvalue weighted by Crippen LogP contribution is -2.42. The molecule has 0 aromatic heterocycles. The monoisotopic (exact) mass is 557 g/mol. The van der Waals surface area contributed by atoms with Gasteiger partial charge in [0.1, 0.15) is 6.34 Å². The molecule has 1 unspecified atom stereocenters. The third-order valence-electron chi connectivity index (χ3n) is 9.62. The number of fused-ring (bicyclic) bond motifs is 2. The van der Waals surface area contributed by atoms with Crippen LogP contribution in [0.25, 0.3) is 5.57 Å². The van der Waals surface area contributed by atoms with Gasteiger partial charge in [-0.2, -0.15) is 11.8 Å². The third kappa shape index (κ3) is 6.93. The number of hydrogen-bond donors (Lipinski definition) is 0. The van der Waals surface area contributed by atoms with Gasteiger partial charge in [-0.15, -0.1) is 0 Å². The summed E-state index contributed by atoms with van der Waals surface area (Å²) in [7, 11) is 0. The summed E-state index contributed by atoms with van der Waals surface area (Å²) in [5, 5.41) is 0. The van der Waals surface area contributed by atoms with Gasteiger partial charge in [-0.25, -0.2) is 4.99 Å². The fraction of sp³-hybridized carbons (Fsp3) is 0.611. The van der Waals surface area contributed by atoms with Crippen LogP contribution in [-0.2, 0) is 0 Å². The van der Waals surface area contributed by atoms with Crippen LogP contribution >= 0.6 is 11.8 Å². The van der Waals surface area contributed by atoms with Crippen LogP contribution in [0.1, 0.15) is 108 Å². The Morgan fingerprint density at radius 1 is 1.05 bits per heavy atom. The summed E-state index contributed by atoms with van der Waals surface area (Å²) in [6.07, 6.45) is 17.5. The zero-order valence-corrected chi connectivity index (χ0v) is 26.5. The fourth-order valence-electron chi connectivity index (χ4n) is 7.32. The molecule has 2 fully saturated rings. The van der Waals surface area contributed by atoms with Crippen LogP contribution < -0.4 is 0 Å². The SMILES string of the molecule is CCCC(/C1=C/CCC2CC(=NC=N2)/C(C)=C\1)=C(\c1cc(C2CCN(C3CCSCC3)CC2)ccc1C)C(C)C. The Morgan fingerprint density at radius 3 is 2.55 bits per heavy atom. The average Bonchev–Trinajstić information content (AvgIpc) is 3.02. The first-order chi connectivity index (χ1) is 19.4. The van der Waals surface area contributed by atoms with Crippen molar-refractivity contribution in [3.8, 4) is 0 Å². The van der Waals surface area contributed by atoms with Crippen LogP contribution in [-0.4, -0.2) is 53.6 Å². The average molecular weight is 558 g/mol. The standard InChI is InChI=1S/C36H51N3S/c1-6-8-33(30-9-7-10-31-23-35(27(5)21-30)38-24-37-31)36(25(2)3)34-22-29(12-11-26(34)4)28-13-17-39(18-14-28)32-15-19-40-20-16-32/h9,11-12,21-22,24-25,28,31-32H,6-8,10,13-20,23H2,1-5H3/b27-21-,30-9+,36-33+. The Labute approximate surface area is 248 Å². The summed E-state index contributed by atoms with van der Waals surface area (Å²) in [5.74, 6) is 3.84. The van der Waals surface area contributed by atoms with Crippen LogP contribution in [0.4, 0.5) is 0 Å². The van der Waals surface area contributed by atoms with Crippen LogP contribution in [0.5, 0.6) is 0 Å². The molecule has 3 heterocycles. The lowest BCUT2D eigenvalue weighted by atomic mass is 9.80. The highest BCUT2D eigenvalue weighted by atomic mass is 32.2. The van der Waals surface area contributed by atoms with Gasteiger partial charge in [0.25, 0.3) is 0 Å². The number of piperidine rings is 1. The smallest absolute Gasteiger partial charge is 0.110 e. The van der Waals surface area contributed by atoms with Gasteiger partial charge in [-0.1, -0.05) is 57.5 Å². The quantitative estimate of drug-likeness (QED) is 0.334. The van der Waals surface area contributed by atoms with Gasteiger partial charge in [0.2, 0.25) is 0 Å². The van der Waals surface area contributed by atoms with Crippen LogP contribution in [0, 0.1) is 12.8 Å². The molecular formula is C36H51N3S. The highest BCUT2D eigenvalue weighted by Crippen LogP contribution is 2.39. The van der Waals surface area contributed by atoms with E-state index in [0.717, 1.165) is 38.1 Å². The predicted octanol–water partition coefficient (Wildman–Crippen LogP) is 9.19. The van der Waals surface area contributed by atoms with E-state index in [4.69, 9.17) is 0 Å². The Morgan fingerprint density at radius 2 is 1.82 bits per heavy atom. The van der Waals surface area contributed by atoms with E-state index >= 15 is 0 Å². The first-order valence-electron chi connectivity index (χ1n) is 16.1. The van der Waals surface area contributed by atoms with Gasteiger partial charge in [0.05, 0.1) is 6.04 Å². The molecule has 1 atom stereocenters. The molecule has 0 N–H and O–H groups in total. The second-order valence-corrected chi connectivity index (χ2v) is 14.0. The first kappa shape index (κ1) is 29.6. The Hall–Kier alpha value is -1.91. The minimum Gasteiger partial charge on any atom is -0.300 e. The zero-order chi connectivity index (χ0) is 28.1. The molecule has 3 aliphatic heterocycles. The molecule has 1 aromatic carbocycles. The fourth-order valence-corrected chi connectivity index (χ4v) is 8.40. The molecule has 2 saturated heterocycles. The van der Waals surface area contributed by atoms with Gasteiger partial charge < -0.3 is 4.90 Å². The Balaban J connectivity index is 1.47. The van der Waals surface area contributed by atoms with Gasteiger partial charge in [0, 0.05) is 18.2 Å². The molecule has 0 radical (unpaired) electrons. The number of rotatable bonds is 7. The van der Waals surface area contributed by atoms with Gasteiger partial charge >= 0.3 is 0 Å².